The van der Waals surface area contributed by atoms with Gasteiger partial charge in [-0.25, -0.2) is 0 Å². The SMILES string of the molecule is CCC(C)NSc1c(Cl)c(Cl)c(Cl)c(Cl)c1Cl. The summed E-state index contributed by atoms with van der Waals surface area (Å²) >= 11 is 31.3. The second-order valence-electron chi connectivity index (χ2n) is 3.43. The van der Waals surface area contributed by atoms with Crippen LogP contribution in [0.5, 0.6) is 0 Å². The zero-order chi connectivity index (χ0) is 13.2. The Morgan fingerprint density at radius 1 is 0.941 bits per heavy atom. The fraction of sp³-hybridized carbons (Fsp3) is 0.400. The lowest BCUT2D eigenvalue weighted by Crippen LogP contribution is -2.17. The zero-order valence-corrected chi connectivity index (χ0v) is 13.7. The molecule has 1 atom stereocenters. The standard InChI is InChI=1S/C10H10Cl5NS/c1-3-4(2)16-17-10-8(14)6(12)5(11)7(13)9(10)15/h4,16H,3H2,1-2H3. The van der Waals surface area contributed by atoms with Gasteiger partial charge < -0.3 is 0 Å². The van der Waals surface area contributed by atoms with E-state index in [1.54, 1.807) is 0 Å². The lowest BCUT2D eigenvalue weighted by molar-refractivity contribution is 0.669. The van der Waals surface area contributed by atoms with Crippen molar-refractivity contribution in [1.29, 1.82) is 0 Å². The highest BCUT2D eigenvalue weighted by atomic mass is 35.5. The summed E-state index contributed by atoms with van der Waals surface area (Å²) in [6.07, 6.45) is 0.983. The Bertz CT molecular complexity index is 395. The molecule has 0 saturated carbocycles. The van der Waals surface area contributed by atoms with Crippen molar-refractivity contribution >= 4 is 70.0 Å². The van der Waals surface area contributed by atoms with Gasteiger partial charge in [0.15, 0.2) is 0 Å². The molecule has 0 saturated heterocycles. The Hall–Kier alpha value is 0.980. The third-order valence-electron chi connectivity index (χ3n) is 2.14. The summed E-state index contributed by atoms with van der Waals surface area (Å²) in [6, 6.07) is 0.320. The third-order valence-corrected chi connectivity index (χ3v) is 5.78. The molecule has 0 heterocycles. The predicted molar refractivity (Wildman–Crippen MR) is 80.2 cm³/mol. The third kappa shape index (κ3) is 3.73. The van der Waals surface area contributed by atoms with Gasteiger partial charge >= 0.3 is 0 Å². The van der Waals surface area contributed by atoms with Crippen LogP contribution in [-0.4, -0.2) is 6.04 Å². The second-order valence-corrected chi connectivity index (χ2v) is 6.17. The molecular formula is C10H10Cl5NS. The smallest absolute Gasteiger partial charge is 0.0809 e. The summed E-state index contributed by atoms with van der Waals surface area (Å²) in [7, 11) is 0. The van der Waals surface area contributed by atoms with Crippen LogP contribution in [0.3, 0.4) is 0 Å². The normalized spacial score (nSPS) is 12.9. The first kappa shape index (κ1) is 16.0. The van der Waals surface area contributed by atoms with E-state index in [4.69, 9.17) is 58.0 Å². The molecule has 0 fully saturated rings. The highest BCUT2D eigenvalue weighted by Gasteiger charge is 2.19. The predicted octanol–water partition coefficient (Wildman–Crippen LogP) is 6.35. The number of halogens is 5. The number of nitrogens with one attached hydrogen (secondary N) is 1. The van der Waals surface area contributed by atoms with Crippen molar-refractivity contribution < 1.29 is 0 Å². The maximum Gasteiger partial charge on any atom is 0.0809 e. The van der Waals surface area contributed by atoms with Crippen LogP contribution in [0.4, 0.5) is 0 Å². The Kier molecular flexibility index (Phi) is 6.55. The maximum atomic E-state index is 6.08. The largest absolute Gasteiger partial charge is 0.257 e. The molecule has 17 heavy (non-hydrogen) atoms. The highest BCUT2D eigenvalue weighted by molar-refractivity contribution is 7.97. The molecule has 1 rings (SSSR count). The van der Waals surface area contributed by atoms with E-state index in [0.717, 1.165) is 6.42 Å². The van der Waals surface area contributed by atoms with E-state index in [1.165, 1.54) is 11.9 Å². The highest BCUT2D eigenvalue weighted by Crippen LogP contribution is 2.47. The molecule has 0 aromatic heterocycles. The van der Waals surface area contributed by atoms with Crippen LogP contribution in [0.1, 0.15) is 20.3 Å². The number of hydrogen-bond acceptors (Lipinski definition) is 2. The van der Waals surface area contributed by atoms with Crippen molar-refractivity contribution in [3.05, 3.63) is 25.1 Å². The van der Waals surface area contributed by atoms with Crippen LogP contribution in [0.15, 0.2) is 4.90 Å². The lowest BCUT2D eigenvalue weighted by atomic mass is 10.3. The first-order chi connectivity index (χ1) is 7.90. The summed E-state index contributed by atoms with van der Waals surface area (Å²) < 4.78 is 3.19. The fourth-order valence-electron chi connectivity index (χ4n) is 0.917. The molecule has 0 aliphatic heterocycles. The van der Waals surface area contributed by atoms with Crippen LogP contribution in [0, 0.1) is 0 Å². The van der Waals surface area contributed by atoms with E-state index < -0.39 is 0 Å². The average Bonchev–Trinajstić information content (AvgIpc) is 2.33. The van der Waals surface area contributed by atoms with Gasteiger partial charge in [-0.1, -0.05) is 64.9 Å². The number of rotatable bonds is 4. The Labute approximate surface area is 130 Å². The van der Waals surface area contributed by atoms with E-state index in [2.05, 4.69) is 11.6 Å². The van der Waals surface area contributed by atoms with Crippen molar-refractivity contribution in [3.8, 4) is 0 Å². The van der Waals surface area contributed by atoms with Gasteiger partial charge in [0.05, 0.1) is 30.0 Å². The van der Waals surface area contributed by atoms with Crippen molar-refractivity contribution in [1.82, 2.24) is 4.72 Å². The topological polar surface area (TPSA) is 12.0 Å². The Morgan fingerprint density at radius 2 is 1.35 bits per heavy atom. The lowest BCUT2D eigenvalue weighted by Gasteiger charge is -2.14. The fourth-order valence-corrected chi connectivity index (χ4v) is 3.27. The van der Waals surface area contributed by atoms with Crippen LogP contribution < -0.4 is 4.72 Å². The molecular weight excluding hydrogens is 343 g/mol. The van der Waals surface area contributed by atoms with Gasteiger partial charge in [-0.2, -0.15) is 0 Å². The molecule has 1 nitrogen and oxygen atoms in total. The molecule has 0 spiro atoms. The quantitative estimate of drug-likeness (QED) is 0.384. The minimum Gasteiger partial charge on any atom is -0.257 e. The Balaban J connectivity index is 3.07. The molecule has 0 aliphatic carbocycles. The summed E-state index contributed by atoms with van der Waals surface area (Å²) in [5.74, 6) is 0. The summed E-state index contributed by atoms with van der Waals surface area (Å²) in [4.78, 5) is 0.591. The molecule has 1 aromatic rings. The van der Waals surface area contributed by atoms with Crippen molar-refractivity contribution in [2.24, 2.45) is 0 Å². The van der Waals surface area contributed by atoms with E-state index in [1.807, 2.05) is 6.92 Å². The monoisotopic (exact) mass is 351 g/mol. The molecule has 0 amide bonds. The van der Waals surface area contributed by atoms with Crippen molar-refractivity contribution in [2.45, 2.75) is 31.2 Å². The second kappa shape index (κ2) is 6.95. The van der Waals surface area contributed by atoms with Crippen LogP contribution in [0.2, 0.25) is 25.1 Å². The first-order valence-corrected chi connectivity index (χ1v) is 7.54. The van der Waals surface area contributed by atoms with Crippen LogP contribution in [-0.2, 0) is 0 Å². The molecule has 96 valence electrons. The summed E-state index contributed by atoms with van der Waals surface area (Å²) in [5.41, 5.74) is 0. The molecule has 0 radical (unpaired) electrons. The average molecular weight is 354 g/mol. The van der Waals surface area contributed by atoms with Gasteiger partial charge in [0.1, 0.15) is 0 Å². The van der Waals surface area contributed by atoms with E-state index in [0.29, 0.717) is 21.0 Å². The Morgan fingerprint density at radius 3 is 1.76 bits per heavy atom. The van der Waals surface area contributed by atoms with Crippen molar-refractivity contribution in [2.75, 3.05) is 0 Å². The van der Waals surface area contributed by atoms with E-state index in [-0.39, 0.29) is 15.1 Å². The van der Waals surface area contributed by atoms with Gasteiger partial charge in [0.25, 0.3) is 0 Å². The van der Waals surface area contributed by atoms with Gasteiger partial charge in [0, 0.05) is 6.04 Å². The molecule has 7 heteroatoms. The minimum absolute atomic E-state index is 0.177. The number of hydrogen-bond donors (Lipinski definition) is 1. The van der Waals surface area contributed by atoms with Gasteiger partial charge in [-0.15, -0.1) is 0 Å². The first-order valence-electron chi connectivity index (χ1n) is 4.83. The molecule has 1 unspecified atom stereocenters. The van der Waals surface area contributed by atoms with Gasteiger partial charge in [-0.05, 0) is 25.3 Å². The molecule has 1 aromatic carbocycles. The zero-order valence-electron chi connectivity index (χ0n) is 9.08. The maximum absolute atomic E-state index is 6.08. The molecule has 0 aliphatic rings. The van der Waals surface area contributed by atoms with E-state index >= 15 is 0 Å². The van der Waals surface area contributed by atoms with Gasteiger partial charge in [-0.3, -0.25) is 4.72 Å². The van der Waals surface area contributed by atoms with Crippen LogP contribution >= 0.6 is 70.0 Å². The van der Waals surface area contributed by atoms with Gasteiger partial charge in [0.2, 0.25) is 0 Å². The van der Waals surface area contributed by atoms with E-state index in [9.17, 15) is 0 Å². The molecule has 0 bridgehead atoms. The van der Waals surface area contributed by atoms with Crippen molar-refractivity contribution in [3.63, 3.8) is 0 Å². The summed E-state index contributed by atoms with van der Waals surface area (Å²) in [5, 5.41) is 1.24. The molecule has 1 N–H and O–H groups in total. The number of benzene rings is 1. The minimum atomic E-state index is 0.177. The van der Waals surface area contributed by atoms with Crippen LogP contribution in [0.25, 0.3) is 0 Å². The summed E-state index contributed by atoms with van der Waals surface area (Å²) in [6.45, 7) is 4.12.